The van der Waals surface area contributed by atoms with E-state index in [1.165, 1.54) is 0 Å². The number of anilines is 2. The van der Waals surface area contributed by atoms with Crippen molar-refractivity contribution in [3.63, 3.8) is 0 Å². The summed E-state index contributed by atoms with van der Waals surface area (Å²) < 4.78 is 0. The van der Waals surface area contributed by atoms with Gasteiger partial charge in [-0.1, -0.05) is 0 Å². The number of nitrogens with two attached hydrogens (primary N) is 1. The fourth-order valence-electron chi connectivity index (χ4n) is 1.53. The van der Waals surface area contributed by atoms with Gasteiger partial charge in [0, 0.05) is 25.2 Å². The number of amides is 1. The molecule has 5 heteroatoms. The Kier molecular flexibility index (Phi) is 5.45. The fourth-order valence-corrected chi connectivity index (χ4v) is 1.53. The summed E-state index contributed by atoms with van der Waals surface area (Å²) in [6.07, 6.45) is 0. The van der Waals surface area contributed by atoms with Crippen LogP contribution in [0.25, 0.3) is 0 Å². The summed E-state index contributed by atoms with van der Waals surface area (Å²) in [6.45, 7) is 4.21. The predicted octanol–water partition coefficient (Wildman–Crippen LogP) is 0.992. The van der Waals surface area contributed by atoms with Crippen molar-refractivity contribution in [3.8, 4) is 0 Å². The lowest BCUT2D eigenvalue weighted by Gasteiger charge is -2.14. The van der Waals surface area contributed by atoms with Crippen LogP contribution in [0.4, 0.5) is 11.4 Å². The molecule has 18 heavy (non-hydrogen) atoms. The molecule has 0 spiro atoms. The maximum Gasteiger partial charge on any atom is 0.251 e. The van der Waals surface area contributed by atoms with Crippen LogP contribution < -0.4 is 16.4 Å². The Morgan fingerprint density at radius 2 is 2.11 bits per heavy atom. The number of carbonyl (C=O) groups is 1. The first-order chi connectivity index (χ1) is 8.54. The summed E-state index contributed by atoms with van der Waals surface area (Å²) >= 11 is 0. The molecule has 1 rings (SSSR count). The molecule has 0 fully saturated rings. The summed E-state index contributed by atoms with van der Waals surface area (Å²) in [5.74, 6) is -0.0758. The minimum Gasteiger partial charge on any atom is -0.397 e. The molecule has 0 aliphatic carbocycles. The number of benzene rings is 1. The van der Waals surface area contributed by atoms with Gasteiger partial charge in [0.2, 0.25) is 0 Å². The highest BCUT2D eigenvalue weighted by atomic mass is 16.1. The van der Waals surface area contributed by atoms with Crippen molar-refractivity contribution in [3.05, 3.63) is 23.8 Å². The van der Waals surface area contributed by atoms with E-state index in [-0.39, 0.29) is 5.91 Å². The van der Waals surface area contributed by atoms with Gasteiger partial charge >= 0.3 is 0 Å². The monoisotopic (exact) mass is 250 g/mol. The zero-order valence-electron chi connectivity index (χ0n) is 11.3. The fraction of sp³-hybridized carbons (Fsp3) is 0.462. The largest absolute Gasteiger partial charge is 0.397 e. The number of hydrogen-bond acceptors (Lipinski definition) is 4. The Morgan fingerprint density at radius 1 is 1.39 bits per heavy atom. The van der Waals surface area contributed by atoms with E-state index in [2.05, 4.69) is 15.5 Å². The highest BCUT2D eigenvalue weighted by molar-refractivity contribution is 5.96. The van der Waals surface area contributed by atoms with E-state index < -0.39 is 0 Å². The minimum absolute atomic E-state index is 0.0758. The highest BCUT2D eigenvalue weighted by Crippen LogP contribution is 2.19. The van der Waals surface area contributed by atoms with Crippen LogP contribution in [0.1, 0.15) is 17.3 Å². The van der Waals surface area contributed by atoms with E-state index >= 15 is 0 Å². The molecule has 1 aromatic carbocycles. The van der Waals surface area contributed by atoms with Crippen molar-refractivity contribution in [2.45, 2.75) is 6.92 Å². The number of nitrogens with zero attached hydrogens (tertiary/aromatic N) is 1. The zero-order chi connectivity index (χ0) is 13.5. The lowest BCUT2D eigenvalue weighted by Crippen LogP contribution is -2.23. The van der Waals surface area contributed by atoms with Crippen molar-refractivity contribution in [2.24, 2.45) is 0 Å². The minimum atomic E-state index is -0.0758. The average molecular weight is 250 g/mol. The third kappa shape index (κ3) is 4.25. The van der Waals surface area contributed by atoms with Crippen LogP contribution in [-0.4, -0.2) is 44.5 Å². The third-order valence-electron chi connectivity index (χ3n) is 2.53. The molecular weight excluding hydrogens is 228 g/mol. The van der Waals surface area contributed by atoms with E-state index in [9.17, 15) is 4.79 Å². The second-order valence-electron chi connectivity index (χ2n) is 4.39. The number of hydrogen-bond donors (Lipinski definition) is 3. The molecule has 0 aromatic heterocycles. The molecule has 1 aromatic rings. The van der Waals surface area contributed by atoms with Gasteiger partial charge in [0.05, 0.1) is 11.4 Å². The first kappa shape index (κ1) is 14.3. The molecule has 0 saturated carbocycles. The van der Waals surface area contributed by atoms with Crippen molar-refractivity contribution in [1.82, 2.24) is 10.2 Å². The van der Waals surface area contributed by atoms with E-state index in [4.69, 9.17) is 5.73 Å². The molecule has 0 radical (unpaired) electrons. The van der Waals surface area contributed by atoms with E-state index in [1.54, 1.807) is 18.2 Å². The first-order valence-corrected chi connectivity index (χ1v) is 6.11. The number of nitrogen functional groups attached to an aromatic ring is 1. The Labute approximate surface area is 108 Å². The lowest BCUT2D eigenvalue weighted by molar-refractivity contribution is 0.0956. The van der Waals surface area contributed by atoms with E-state index in [0.717, 1.165) is 18.8 Å². The van der Waals surface area contributed by atoms with Crippen molar-refractivity contribution in [2.75, 3.05) is 44.8 Å². The smallest absolute Gasteiger partial charge is 0.251 e. The predicted molar refractivity (Wildman–Crippen MR) is 75.9 cm³/mol. The quantitative estimate of drug-likeness (QED) is 0.659. The van der Waals surface area contributed by atoms with Crippen LogP contribution in [-0.2, 0) is 0 Å². The highest BCUT2D eigenvalue weighted by Gasteiger charge is 2.07. The van der Waals surface area contributed by atoms with Crippen molar-refractivity contribution in [1.29, 1.82) is 0 Å². The molecule has 4 N–H and O–H groups in total. The van der Waals surface area contributed by atoms with Crippen LogP contribution >= 0.6 is 0 Å². The standard InChI is InChI=1S/C13H22N4O/c1-4-15-13(18)10-5-6-11(14)12(9-10)16-7-8-17(2)3/h5-6,9,16H,4,7-8,14H2,1-3H3,(H,15,18). The third-order valence-corrected chi connectivity index (χ3v) is 2.53. The normalized spacial score (nSPS) is 10.4. The van der Waals surface area contributed by atoms with Gasteiger partial charge in [-0.15, -0.1) is 0 Å². The summed E-state index contributed by atoms with van der Waals surface area (Å²) in [5, 5.41) is 6.00. The second kappa shape index (κ2) is 6.86. The van der Waals surface area contributed by atoms with Crippen LogP contribution in [0.15, 0.2) is 18.2 Å². The molecule has 0 aliphatic rings. The van der Waals surface area contributed by atoms with Gasteiger partial charge in [0.15, 0.2) is 0 Å². The molecule has 0 atom stereocenters. The summed E-state index contributed by atoms with van der Waals surface area (Å²) in [7, 11) is 4.02. The van der Waals surface area contributed by atoms with Crippen LogP contribution in [0.5, 0.6) is 0 Å². The van der Waals surface area contributed by atoms with Gasteiger partial charge in [0.25, 0.3) is 5.91 Å². The summed E-state index contributed by atoms with van der Waals surface area (Å²) in [4.78, 5) is 13.8. The maximum absolute atomic E-state index is 11.7. The number of carbonyl (C=O) groups excluding carboxylic acids is 1. The summed E-state index contributed by atoms with van der Waals surface area (Å²) in [5.41, 5.74) is 7.96. The van der Waals surface area contributed by atoms with Crippen LogP contribution in [0.3, 0.4) is 0 Å². The van der Waals surface area contributed by atoms with Gasteiger partial charge < -0.3 is 21.3 Å². The lowest BCUT2D eigenvalue weighted by atomic mass is 10.1. The van der Waals surface area contributed by atoms with E-state index in [0.29, 0.717) is 17.8 Å². The molecule has 1 amide bonds. The van der Waals surface area contributed by atoms with Crippen molar-refractivity contribution >= 4 is 17.3 Å². The molecule has 0 aliphatic heterocycles. The Balaban J connectivity index is 2.71. The molecule has 5 nitrogen and oxygen atoms in total. The Hall–Kier alpha value is -1.75. The molecule has 0 heterocycles. The number of rotatable bonds is 6. The average Bonchev–Trinajstić information content (AvgIpc) is 2.31. The Morgan fingerprint density at radius 3 is 2.72 bits per heavy atom. The topological polar surface area (TPSA) is 70.4 Å². The first-order valence-electron chi connectivity index (χ1n) is 6.11. The zero-order valence-corrected chi connectivity index (χ0v) is 11.3. The maximum atomic E-state index is 11.7. The number of likely N-dealkylation sites (N-methyl/N-ethyl adjacent to an activating group) is 1. The van der Waals surface area contributed by atoms with Crippen molar-refractivity contribution < 1.29 is 4.79 Å². The van der Waals surface area contributed by atoms with Crippen LogP contribution in [0.2, 0.25) is 0 Å². The molecule has 0 bridgehead atoms. The molecule has 100 valence electrons. The molecular formula is C13H22N4O. The van der Waals surface area contributed by atoms with E-state index in [1.807, 2.05) is 21.0 Å². The van der Waals surface area contributed by atoms with Crippen LogP contribution in [0, 0.1) is 0 Å². The number of nitrogens with one attached hydrogen (secondary N) is 2. The van der Waals surface area contributed by atoms with Gasteiger partial charge in [-0.3, -0.25) is 4.79 Å². The van der Waals surface area contributed by atoms with Gasteiger partial charge in [0.1, 0.15) is 0 Å². The van der Waals surface area contributed by atoms with Gasteiger partial charge in [-0.2, -0.15) is 0 Å². The second-order valence-corrected chi connectivity index (χ2v) is 4.39. The Bertz CT molecular complexity index is 404. The molecule has 0 saturated heterocycles. The van der Waals surface area contributed by atoms with Gasteiger partial charge in [-0.05, 0) is 39.2 Å². The molecule has 0 unspecified atom stereocenters. The SMILES string of the molecule is CCNC(=O)c1ccc(N)c(NCCN(C)C)c1. The summed E-state index contributed by atoms with van der Waals surface area (Å²) in [6, 6.07) is 5.27. The van der Waals surface area contributed by atoms with Gasteiger partial charge in [-0.25, -0.2) is 0 Å².